The molecule has 0 saturated heterocycles. The van der Waals surface area contributed by atoms with Gasteiger partial charge in [-0.15, -0.1) is 0 Å². The fourth-order valence-electron chi connectivity index (χ4n) is 4.72. The van der Waals surface area contributed by atoms with Crippen molar-refractivity contribution >= 4 is 11.9 Å². The Kier molecular flexibility index (Phi) is 6.57. The van der Waals surface area contributed by atoms with Crippen LogP contribution < -0.4 is 23.7 Å². The highest BCUT2D eigenvalue weighted by atomic mass is 16.5. The molecule has 186 valence electrons. The zero-order valence-electron chi connectivity index (χ0n) is 20.9. The fraction of sp³-hybridized carbons (Fsp3) is 0.276. The lowest BCUT2D eigenvalue weighted by atomic mass is 9.99. The van der Waals surface area contributed by atoms with Gasteiger partial charge in [-0.05, 0) is 55.3 Å². The lowest BCUT2D eigenvalue weighted by molar-refractivity contribution is 0.0952. The molecular formula is C29H29NO6. The first-order valence-corrected chi connectivity index (χ1v) is 11.8. The summed E-state index contributed by atoms with van der Waals surface area (Å²) in [4.78, 5) is 15.5. The summed E-state index contributed by atoms with van der Waals surface area (Å²) in [6, 6.07) is 15.4. The van der Waals surface area contributed by atoms with Crippen LogP contribution in [0.5, 0.6) is 28.7 Å². The lowest BCUT2D eigenvalue weighted by Crippen LogP contribution is -2.34. The molecule has 0 spiro atoms. The minimum absolute atomic E-state index is 0.160. The molecule has 36 heavy (non-hydrogen) atoms. The van der Waals surface area contributed by atoms with E-state index in [1.54, 1.807) is 33.5 Å². The molecule has 2 aliphatic rings. The molecule has 0 aliphatic carbocycles. The van der Waals surface area contributed by atoms with Gasteiger partial charge in [0.2, 0.25) is 5.78 Å². The molecule has 0 aromatic heterocycles. The number of carbonyl (C=O) groups is 1. The topological polar surface area (TPSA) is 66.5 Å². The summed E-state index contributed by atoms with van der Waals surface area (Å²) in [5.74, 6) is 3.60. The van der Waals surface area contributed by atoms with Gasteiger partial charge < -0.3 is 23.7 Å². The van der Waals surface area contributed by atoms with E-state index in [0.717, 1.165) is 41.2 Å². The number of ketones is 1. The van der Waals surface area contributed by atoms with Crippen LogP contribution in [0.25, 0.3) is 6.08 Å². The highest BCUT2D eigenvalue weighted by molar-refractivity contribution is 6.15. The summed E-state index contributed by atoms with van der Waals surface area (Å²) in [5.41, 5.74) is 4.22. The quantitative estimate of drug-likeness (QED) is 0.433. The Balaban J connectivity index is 1.38. The van der Waals surface area contributed by atoms with E-state index in [9.17, 15) is 4.79 Å². The van der Waals surface area contributed by atoms with E-state index >= 15 is 0 Å². The van der Waals surface area contributed by atoms with E-state index in [-0.39, 0.29) is 11.5 Å². The van der Waals surface area contributed by atoms with E-state index in [2.05, 4.69) is 11.0 Å². The van der Waals surface area contributed by atoms with E-state index < -0.39 is 0 Å². The van der Waals surface area contributed by atoms with Crippen LogP contribution in [0.15, 0.2) is 54.3 Å². The highest BCUT2D eigenvalue weighted by Crippen LogP contribution is 2.43. The average molecular weight is 488 g/mol. The third-order valence-electron chi connectivity index (χ3n) is 6.62. The number of allylic oxidation sites excluding steroid dienone is 1. The standard InChI is InChI=1S/C29H29NO6/c1-18-28-21(16-30(17-35-28)12-11-19-7-5-6-8-24(19)33-3)14-23-27(31)26(36-29(18)23)15-20-13-22(32-2)9-10-25(20)34-4/h5-10,13-15H,11-12,16-17H2,1-4H3/b26-15-. The van der Waals surface area contributed by atoms with Gasteiger partial charge >= 0.3 is 0 Å². The molecule has 0 bridgehead atoms. The van der Waals surface area contributed by atoms with Gasteiger partial charge in [-0.1, -0.05) is 18.2 Å². The number of hydrogen-bond donors (Lipinski definition) is 0. The number of hydrogen-bond acceptors (Lipinski definition) is 7. The van der Waals surface area contributed by atoms with Crippen LogP contribution in [0.4, 0.5) is 0 Å². The third-order valence-corrected chi connectivity index (χ3v) is 6.62. The maximum Gasteiger partial charge on any atom is 0.231 e. The summed E-state index contributed by atoms with van der Waals surface area (Å²) in [7, 11) is 4.87. The molecule has 7 heteroatoms. The minimum atomic E-state index is -0.160. The number of rotatable bonds is 7. The molecule has 0 atom stereocenters. The van der Waals surface area contributed by atoms with Gasteiger partial charge in [0.05, 0.1) is 26.9 Å². The zero-order valence-corrected chi connectivity index (χ0v) is 20.9. The van der Waals surface area contributed by atoms with Crippen LogP contribution in [-0.2, 0) is 13.0 Å². The molecule has 7 nitrogen and oxygen atoms in total. The van der Waals surface area contributed by atoms with Crippen molar-refractivity contribution in [1.82, 2.24) is 4.90 Å². The van der Waals surface area contributed by atoms with Crippen molar-refractivity contribution in [2.45, 2.75) is 19.9 Å². The summed E-state index contributed by atoms with van der Waals surface area (Å²) in [6.07, 6.45) is 2.53. The molecule has 0 saturated carbocycles. The number of carbonyl (C=O) groups excluding carboxylic acids is 1. The van der Waals surface area contributed by atoms with Crippen LogP contribution in [0, 0.1) is 6.92 Å². The molecule has 0 amide bonds. The number of Topliss-reactive ketones (excluding diaryl/α,β-unsaturated/α-hetero) is 1. The molecule has 0 fully saturated rings. The maximum absolute atomic E-state index is 13.3. The second kappa shape index (κ2) is 9.95. The van der Waals surface area contributed by atoms with Gasteiger partial charge in [0.1, 0.15) is 35.5 Å². The predicted octanol–water partition coefficient (Wildman–Crippen LogP) is 5.03. The Labute approximate surface area is 210 Å². The van der Waals surface area contributed by atoms with Crippen LogP contribution >= 0.6 is 0 Å². The van der Waals surface area contributed by atoms with Gasteiger partial charge in [-0.3, -0.25) is 9.69 Å². The van der Waals surface area contributed by atoms with Crippen LogP contribution in [0.2, 0.25) is 0 Å². The number of methoxy groups -OCH3 is 3. The van der Waals surface area contributed by atoms with Crippen molar-refractivity contribution in [2.24, 2.45) is 0 Å². The van der Waals surface area contributed by atoms with E-state index in [0.29, 0.717) is 41.7 Å². The largest absolute Gasteiger partial charge is 0.497 e. The highest BCUT2D eigenvalue weighted by Gasteiger charge is 2.33. The number of para-hydroxylation sites is 1. The minimum Gasteiger partial charge on any atom is -0.497 e. The molecule has 3 aromatic carbocycles. The van der Waals surface area contributed by atoms with Gasteiger partial charge in [-0.2, -0.15) is 0 Å². The van der Waals surface area contributed by atoms with Gasteiger partial charge in [0.25, 0.3) is 0 Å². The molecule has 3 aromatic rings. The summed E-state index contributed by atoms with van der Waals surface area (Å²) < 4.78 is 28.5. The predicted molar refractivity (Wildman–Crippen MR) is 136 cm³/mol. The SMILES string of the molecule is COc1ccc(OC)c(/C=C2\Oc3c(cc4c(c3C)OCN(CCc3ccccc3OC)C4)C2=O)c1. The maximum atomic E-state index is 13.3. The van der Waals surface area contributed by atoms with Crippen molar-refractivity contribution in [1.29, 1.82) is 0 Å². The Bertz CT molecular complexity index is 1350. The van der Waals surface area contributed by atoms with Crippen molar-refractivity contribution in [2.75, 3.05) is 34.6 Å². The summed E-state index contributed by atoms with van der Waals surface area (Å²) >= 11 is 0. The van der Waals surface area contributed by atoms with Gasteiger partial charge in [-0.25, -0.2) is 0 Å². The van der Waals surface area contributed by atoms with Crippen molar-refractivity contribution < 1.29 is 28.5 Å². The first kappa shape index (κ1) is 23.8. The molecule has 2 heterocycles. The normalized spacial score (nSPS) is 15.7. The van der Waals surface area contributed by atoms with E-state index in [1.165, 1.54) is 0 Å². The van der Waals surface area contributed by atoms with Crippen molar-refractivity contribution in [3.63, 3.8) is 0 Å². The first-order chi connectivity index (χ1) is 17.5. The second-order valence-electron chi connectivity index (χ2n) is 8.80. The van der Waals surface area contributed by atoms with Crippen molar-refractivity contribution in [3.05, 3.63) is 82.1 Å². The Morgan fingerprint density at radius 3 is 2.56 bits per heavy atom. The molecule has 5 rings (SSSR count). The summed E-state index contributed by atoms with van der Waals surface area (Å²) in [6.45, 7) is 3.90. The van der Waals surface area contributed by atoms with E-state index in [1.807, 2.05) is 43.3 Å². The Morgan fingerprint density at radius 2 is 1.78 bits per heavy atom. The number of benzene rings is 3. The summed E-state index contributed by atoms with van der Waals surface area (Å²) in [5, 5.41) is 0. The Hall–Kier alpha value is -3.97. The molecule has 0 radical (unpaired) electrons. The third kappa shape index (κ3) is 4.38. The van der Waals surface area contributed by atoms with Crippen LogP contribution in [-0.4, -0.2) is 45.3 Å². The molecule has 2 aliphatic heterocycles. The van der Waals surface area contributed by atoms with E-state index in [4.69, 9.17) is 23.7 Å². The average Bonchev–Trinajstić information content (AvgIpc) is 3.22. The first-order valence-electron chi connectivity index (χ1n) is 11.8. The Morgan fingerprint density at radius 1 is 0.972 bits per heavy atom. The number of ether oxygens (including phenoxy) is 5. The van der Waals surface area contributed by atoms with Gasteiger partial charge in [0.15, 0.2) is 5.76 Å². The van der Waals surface area contributed by atoms with Crippen LogP contribution in [0.1, 0.15) is 32.6 Å². The fourth-order valence-corrected chi connectivity index (χ4v) is 4.72. The number of nitrogens with zero attached hydrogens (tertiary/aromatic N) is 1. The van der Waals surface area contributed by atoms with Gasteiger partial charge in [0, 0.05) is 29.8 Å². The smallest absolute Gasteiger partial charge is 0.231 e. The zero-order chi connectivity index (χ0) is 25.2. The molecule has 0 N–H and O–H groups in total. The number of fused-ring (bicyclic) bond motifs is 2. The van der Waals surface area contributed by atoms with Crippen molar-refractivity contribution in [3.8, 4) is 28.7 Å². The monoisotopic (exact) mass is 487 g/mol. The van der Waals surface area contributed by atoms with Crippen LogP contribution in [0.3, 0.4) is 0 Å². The molecule has 0 unspecified atom stereocenters. The lowest BCUT2D eigenvalue weighted by Gasteiger charge is -2.30. The molecular weight excluding hydrogens is 458 g/mol. The second-order valence-corrected chi connectivity index (χ2v) is 8.80.